The minimum absolute atomic E-state index is 0.176. The molecule has 0 aliphatic carbocycles. The number of fused-ring (bicyclic) bond motifs is 1. The number of anilines is 1. The number of para-hydroxylation sites is 1. The van der Waals surface area contributed by atoms with E-state index in [2.05, 4.69) is 11.0 Å². The lowest BCUT2D eigenvalue weighted by Gasteiger charge is -2.28. The predicted octanol–water partition coefficient (Wildman–Crippen LogP) is 2.22. The van der Waals surface area contributed by atoms with Gasteiger partial charge >= 0.3 is 0 Å². The van der Waals surface area contributed by atoms with Crippen molar-refractivity contribution in [3.05, 3.63) is 57.9 Å². The zero-order valence-corrected chi connectivity index (χ0v) is 17.0. The molecule has 2 amide bonds. The Morgan fingerprint density at radius 1 is 0.931 bits per heavy atom. The Kier molecular flexibility index (Phi) is 4.95. The predicted molar refractivity (Wildman–Crippen MR) is 113 cm³/mol. The Labute approximate surface area is 174 Å². The van der Waals surface area contributed by atoms with E-state index < -0.39 is 0 Å². The molecule has 0 spiro atoms. The van der Waals surface area contributed by atoms with Gasteiger partial charge in [-0.3, -0.25) is 19.4 Å². The number of thiophene rings is 1. The van der Waals surface area contributed by atoms with Crippen LogP contribution in [0.5, 0.6) is 0 Å². The van der Waals surface area contributed by atoms with Crippen molar-refractivity contribution >= 4 is 34.4 Å². The molecule has 0 unspecified atom stereocenters. The van der Waals surface area contributed by atoms with Crippen LogP contribution < -0.4 is 4.90 Å². The third kappa shape index (κ3) is 3.29. The number of amides is 2. The van der Waals surface area contributed by atoms with Crippen molar-refractivity contribution in [1.29, 1.82) is 0 Å². The van der Waals surface area contributed by atoms with Crippen LogP contribution in [0.15, 0.2) is 47.5 Å². The van der Waals surface area contributed by atoms with Crippen molar-refractivity contribution in [1.82, 2.24) is 9.80 Å². The minimum atomic E-state index is -0.177. The zero-order chi connectivity index (χ0) is 19.8. The Morgan fingerprint density at radius 3 is 2.55 bits per heavy atom. The van der Waals surface area contributed by atoms with Crippen LogP contribution in [-0.2, 0) is 20.7 Å². The van der Waals surface area contributed by atoms with E-state index in [0.717, 1.165) is 36.6 Å². The lowest BCUT2D eigenvalue weighted by atomic mass is 10.1. The average molecular weight is 410 g/mol. The molecule has 1 aromatic carbocycles. The summed E-state index contributed by atoms with van der Waals surface area (Å²) < 4.78 is 5.39. The minimum Gasteiger partial charge on any atom is -0.379 e. The van der Waals surface area contributed by atoms with Gasteiger partial charge in [0.15, 0.2) is 0 Å². The molecule has 0 atom stereocenters. The first-order valence-corrected chi connectivity index (χ1v) is 10.9. The highest BCUT2D eigenvalue weighted by atomic mass is 32.1. The number of hydrogen-bond donors (Lipinski definition) is 0. The van der Waals surface area contributed by atoms with Gasteiger partial charge in [-0.2, -0.15) is 0 Å². The Balaban J connectivity index is 1.47. The van der Waals surface area contributed by atoms with E-state index >= 15 is 0 Å². The molecule has 3 aliphatic heterocycles. The smallest absolute Gasteiger partial charge is 0.278 e. The molecular formula is C22H23N3O3S. The molecule has 1 fully saturated rings. The van der Waals surface area contributed by atoms with Gasteiger partial charge in [-0.05, 0) is 29.5 Å². The number of imide groups is 1. The third-order valence-electron chi connectivity index (χ3n) is 5.81. The molecule has 150 valence electrons. The molecule has 6 nitrogen and oxygen atoms in total. The molecule has 0 N–H and O–H groups in total. The molecular weight excluding hydrogens is 386 g/mol. The van der Waals surface area contributed by atoms with E-state index in [1.165, 1.54) is 21.8 Å². The number of ether oxygens (including phenoxy) is 1. The second-order valence-electron chi connectivity index (χ2n) is 7.45. The topological polar surface area (TPSA) is 53.1 Å². The van der Waals surface area contributed by atoms with Crippen LogP contribution >= 0.6 is 11.3 Å². The maximum absolute atomic E-state index is 13.5. The summed E-state index contributed by atoms with van der Waals surface area (Å²) in [5.74, 6) is -0.353. The van der Waals surface area contributed by atoms with Crippen LogP contribution in [0, 0.1) is 0 Å². The van der Waals surface area contributed by atoms with Gasteiger partial charge in [0.1, 0.15) is 5.70 Å². The van der Waals surface area contributed by atoms with E-state index in [9.17, 15) is 9.59 Å². The molecule has 5 rings (SSSR count). The van der Waals surface area contributed by atoms with Crippen LogP contribution in [0.2, 0.25) is 0 Å². The largest absolute Gasteiger partial charge is 0.379 e. The van der Waals surface area contributed by atoms with Gasteiger partial charge in [0, 0.05) is 43.3 Å². The van der Waals surface area contributed by atoms with Gasteiger partial charge in [-0.25, -0.2) is 0 Å². The fraction of sp³-hybridized carbons (Fsp3) is 0.364. The maximum atomic E-state index is 13.5. The second kappa shape index (κ2) is 7.74. The lowest BCUT2D eigenvalue weighted by molar-refractivity contribution is -0.137. The third-order valence-corrected chi connectivity index (χ3v) is 6.70. The molecule has 4 heterocycles. The maximum Gasteiger partial charge on any atom is 0.278 e. The van der Waals surface area contributed by atoms with E-state index in [1.54, 1.807) is 0 Å². The lowest BCUT2D eigenvalue weighted by Crippen LogP contribution is -2.44. The summed E-state index contributed by atoms with van der Waals surface area (Å²) >= 11 is 1.51. The van der Waals surface area contributed by atoms with Crippen LogP contribution in [-0.4, -0.2) is 67.6 Å². The van der Waals surface area contributed by atoms with E-state index in [1.807, 2.05) is 40.6 Å². The standard InChI is InChI=1S/C22H23N3O3S/c26-21-19(18-6-3-15-29-18)20(24-8-7-16-4-1-2-5-17(16)24)22(27)25(21)10-9-23-11-13-28-14-12-23/h1-6,15H,7-14H2. The summed E-state index contributed by atoms with van der Waals surface area (Å²) in [4.78, 5) is 33.4. The molecule has 1 saturated heterocycles. The number of morpholine rings is 1. The Hall–Kier alpha value is -2.48. The summed E-state index contributed by atoms with van der Waals surface area (Å²) in [6, 6.07) is 12.0. The monoisotopic (exact) mass is 409 g/mol. The van der Waals surface area contributed by atoms with Gasteiger partial charge in [-0.15, -0.1) is 11.3 Å². The molecule has 3 aliphatic rings. The Bertz CT molecular complexity index is 963. The van der Waals surface area contributed by atoms with E-state index in [4.69, 9.17) is 4.74 Å². The number of carbonyl (C=O) groups excluding carboxylic acids is 2. The molecule has 2 aromatic rings. The number of nitrogens with zero attached hydrogens (tertiary/aromatic N) is 3. The first-order valence-electron chi connectivity index (χ1n) is 10.0. The first-order chi connectivity index (χ1) is 14.2. The zero-order valence-electron chi connectivity index (χ0n) is 16.2. The Morgan fingerprint density at radius 2 is 1.76 bits per heavy atom. The summed E-state index contributed by atoms with van der Waals surface area (Å²) in [5.41, 5.74) is 3.33. The van der Waals surface area contributed by atoms with Crippen molar-refractivity contribution in [2.24, 2.45) is 0 Å². The van der Waals surface area contributed by atoms with E-state index in [0.29, 0.717) is 37.6 Å². The van der Waals surface area contributed by atoms with Crippen molar-refractivity contribution in [3.63, 3.8) is 0 Å². The van der Waals surface area contributed by atoms with Crippen LogP contribution in [0.25, 0.3) is 5.57 Å². The van der Waals surface area contributed by atoms with Crippen LogP contribution in [0.3, 0.4) is 0 Å². The van der Waals surface area contributed by atoms with Crippen molar-refractivity contribution in [3.8, 4) is 0 Å². The summed E-state index contributed by atoms with van der Waals surface area (Å²) in [6.07, 6.45) is 0.882. The highest BCUT2D eigenvalue weighted by Crippen LogP contribution is 2.39. The van der Waals surface area contributed by atoms with Crippen molar-refractivity contribution in [2.75, 3.05) is 50.8 Å². The van der Waals surface area contributed by atoms with Crippen LogP contribution in [0.1, 0.15) is 10.4 Å². The van der Waals surface area contributed by atoms with Crippen molar-refractivity contribution in [2.45, 2.75) is 6.42 Å². The van der Waals surface area contributed by atoms with Gasteiger partial charge in [0.25, 0.3) is 11.8 Å². The summed E-state index contributed by atoms with van der Waals surface area (Å²) in [5, 5.41) is 1.95. The number of rotatable bonds is 5. The van der Waals surface area contributed by atoms with Gasteiger partial charge in [0.05, 0.1) is 18.8 Å². The fourth-order valence-corrected chi connectivity index (χ4v) is 5.06. The normalized spacial score (nSPS) is 20.1. The molecule has 0 bridgehead atoms. The molecule has 29 heavy (non-hydrogen) atoms. The number of hydrogen-bond acceptors (Lipinski definition) is 6. The highest BCUT2D eigenvalue weighted by molar-refractivity contribution is 7.11. The first kappa shape index (κ1) is 18.5. The summed E-state index contributed by atoms with van der Waals surface area (Å²) in [7, 11) is 0. The van der Waals surface area contributed by atoms with E-state index in [-0.39, 0.29) is 11.8 Å². The van der Waals surface area contributed by atoms with Crippen molar-refractivity contribution < 1.29 is 14.3 Å². The number of carbonyl (C=O) groups is 2. The molecule has 0 saturated carbocycles. The van der Waals surface area contributed by atoms with Crippen LogP contribution in [0.4, 0.5) is 5.69 Å². The second-order valence-corrected chi connectivity index (χ2v) is 8.39. The fourth-order valence-electron chi connectivity index (χ4n) is 4.30. The quantitative estimate of drug-likeness (QED) is 0.709. The SMILES string of the molecule is O=C1C(c2cccs2)=C(N2CCc3ccccc32)C(=O)N1CCN1CCOCC1. The molecule has 1 aromatic heterocycles. The molecule has 0 radical (unpaired) electrons. The summed E-state index contributed by atoms with van der Waals surface area (Å²) in [6.45, 7) is 4.90. The highest BCUT2D eigenvalue weighted by Gasteiger charge is 2.43. The average Bonchev–Trinajstić information content (AvgIpc) is 3.46. The number of benzene rings is 1. The molecule has 7 heteroatoms. The van der Waals surface area contributed by atoms with Gasteiger partial charge in [0.2, 0.25) is 0 Å². The van der Waals surface area contributed by atoms with Gasteiger partial charge in [-0.1, -0.05) is 24.3 Å². The van der Waals surface area contributed by atoms with Gasteiger partial charge < -0.3 is 9.64 Å².